The van der Waals surface area contributed by atoms with E-state index in [9.17, 15) is 27.2 Å². The molecule has 0 spiro atoms. The molecule has 1 atom stereocenters. The van der Waals surface area contributed by atoms with E-state index < -0.39 is 41.7 Å². The molecule has 0 unspecified atom stereocenters. The molecule has 128 valence electrons. The number of benzene rings is 1. The second-order valence-electron chi connectivity index (χ2n) is 4.71. The molecule has 1 amide bonds. The average Bonchev–Trinajstić information content (AvgIpc) is 2.51. The van der Waals surface area contributed by atoms with E-state index in [1.54, 1.807) is 0 Å². The lowest BCUT2D eigenvalue weighted by Gasteiger charge is -2.15. The maximum absolute atomic E-state index is 13.2. The molecule has 1 aromatic carbocycles. The van der Waals surface area contributed by atoms with E-state index in [-0.39, 0.29) is 5.69 Å². The Morgan fingerprint density at radius 1 is 1.33 bits per heavy atom. The number of amides is 1. The number of halogens is 4. The zero-order chi connectivity index (χ0) is 17.9. The van der Waals surface area contributed by atoms with Gasteiger partial charge in [0.2, 0.25) is 0 Å². The zero-order valence-electron chi connectivity index (χ0n) is 11.9. The monoisotopic (exact) mass is 345 g/mol. The summed E-state index contributed by atoms with van der Waals surface area (Å²) in [5.41, 5.74) is -1.39. The van der Waals surface area contributed by atoms with Crippen molar-refractivity contribution >= 4 is 5.91 Å². The van der Waals surface area contributed by atoms with Crippen LogP contribution in [0.25, 0.3) is 5.69 Å². The van der Waals surface area contributed by atoms with Gasteiger partial charge in [0.25, 0.3) is 11.5 Å². The molecule has 10 heteroatoms. The first-order valence-electron chi connectivity index (χ1n) is 6.57. The molecule has 1 aromatic heterocycles. The van der Waals surface area contributed by atoms with E-state index in [1.807, 2.05) is 5.32 Å². The molecule has 0 aliphatic carbocycles. The first kappa shape index (κ1) is 17.6. The van der Waals surface area contributed by atoms with Crippen LogP contribution >= 0.6 is 0 Å². The number of carbonyl (C=O) groups is 1. The summed E-state index contributed by atoms with van der Waals surface area (Å²) in [5, 5.41) is 14.3. The summed E-state index contributed by atoms with van der Waals surface area (Å²) in [6, 6.07) is 5.85. The molecule has 6 nitrogen and oxygen atoms in total. The van der Waals surface area contributed by atoms with Gasteiger partial charge in [0.1, 0.15) is 11.4 Å². The van der Waals surface area contributed by atoms with Crippen molar-refractivity contribution in [3.63, 3.8) is 0 Å². The number of hydrogen-bond acceptors (Lipinski definition) is 4. The highest BCUT2D eigenvalue weighted by Gasteiger charge is 2.38. The summed E-state index contributed by atoms with van der Waals surface area (Å²) in [5.74, 6) is -1.75. The lowest BCUT2D eigenvalue weighted by molar-refractivity contribution is -0.201. The van der Waals surface area contributed by atoms with E-state index in [0.717, 1.165) is 29.1 Å². The van der Waals surface area contributed by atoms with Gasteiger partial charge in [-0.3, -0.25) is 9.59 Å². The Balaban J connectivity index is 2.25. The van der Waals surface area contributed by atoms with E-state index in [0.29, 0.717) is 0 Å². The minimum Gasteiger partial charge on any atom is -0.382 e. The van der Waals surface area contributed by atoms with Crippen molar-refractivity contribution in [2.24, 2.45) is 0 Å². The van der Waals surface area contributed by atoms with Crippen molar-refractivity contribution in [1.82, 2.24) is 15.1 Å². The number of carbonyl (C=O) groups excluding carboxylic acids is 1. The molecule has 0 bridgehead atoms. The molecular formula is C14H11F4N3O3. The number of rotatable bonds is 4. The predicted molar refractivity (Wildman–Crippen MR) is 74.2 cm³/mol. The summed E-state index contributed by atoms with van der Waals surface area (Å²) < 4.78 is 50.5. The van der Waals surface area contributed by atoms with Gasteiger partial charge in [0, 0.05) is 6.20 Å². The summed E-state index contributed by atoms with van der Waals surface area (Å²) in [6.07, 6.45) is -6.58. The van der Waals surface area contributed by atoms with Gasteiger partial charge in [0.05, 0.1) is 12.2 Å². The number of aliphatic hydroxyl groups excluding tert-OH is 1. The van der Waals surface area contributed by atoms with Gasteiger partial charge in [0.15, 0.2) is 6.10 Å². The molecule has 0 radical (unpaired) electrons. The van der Waals surface area contributed by atoms with Crippen LogP contribution < -0.4 is 10.9 Å². The van der Waals surface area contributed by atoms with Crippen molar-refractivity contribution in [3.05, 3.63) is 58.3 Å². The van der Waals surface area contributed by atoms with Crippen LogP contribution in [-0.2, 0) is 0 Å². The van der Waals surface area contributed by atoms with Gasteiger partial charge in [-0.1, -0.05) is 6.07 Å². The number of nitrogens with zero attached hydrogens (tertiary/aromatic N) is 2. The predicted octanol–water partition coefficient (Wildman–Crippen LogP) is 1.02. The molecule has 0 fully saturated rings. The summed E-state index contributed by atoms with van der Waals surface area (Å²) in [4.78, 5) is 24.0. The largest absolute Gasteiger partial charge is 0.416 e. The lowest BCUT2D eigenvalue weighted by atomic mass is 10.2. The SMILES string of the molecule is O=C(NC[C@@H](O)C(F)(F)F)c1ccnn(-c2cccc(F)c2)c1=O. The highest BCUT2D eigenvalue weighted by atomic mass is 19.4. The Kier molecular flexibility index (Phi) is 4.98. The third-order valence-electron chi connectivity index (χ3n) is 2.98. The molecule has 0 aliphatic rings. The van der Waals surface area contributed by atoms with E-state index >= 15 is 0 Å². The van der Waals surface area contributed by atoms with Gasteiger partial charge < -0.3 is 10.4 Å². The van der Waals surface area contributed by atoms with Crippen LogP contribution in [0.15, 0.2) is 41.3 Å². The maximum Gasteiger partial charge on any atom is 0.416 e. The zero-order valence-corrected chi connectivity index (χ0v) is 11.9. The number of hydrogen-bond donors (Lipinski definition) is 2. The van der Waals surface area contributed by atoms with Crippen molar-refractivity contribution in [2.45, 2.75) is 12.3 Å². The second-order valence-corrected chi connectivity index (χ2v) is 4.71. The fourth-order valence-electron chi connectivity index (χ4n) is 1.78. The highest BCUT2D eigenvalue weighted by molar-refractivity contribution is 5.93. The quantitative estimate of drug-likeness (QED) is 0.811. The molecule has 2 rings (SSSR count). The van der Waals surface area contributed by atoms with Gasteiger partial charge in [-0.2, -0.15) is 23.0 Å². The standard InChI is InChI=1S/C14H11F4N3O3/c15-8-2-1-3-9(6-8)21-13(24)10(4-5-20-21)12(23)19-7-11(22)14(16,17)18/h1-6,11,22H,7H2,(H,19,23)/t11-/m1/s1. The van der Waals surface area contributed by atoms with Crippen molar-refractivity contribution in [1.29, 1.82) is 0 Å². The van der Waals surface area contributed by atoms with Gasteiger partial charge in [-0.15, -0.1) is 0 Å². The van der Waals surface area contributed by atoms with E-state index in [4.69, 9.17) is 5.11 Å². The van der Waals surface area contributed by atoms with Gasteiger partial charge >= 0.3 is 6.18 Å². The Hall–Kier alpha value is -2.75. The smallest absolute Gasteiger partial charge is 0.382 e. The van der Waals surface area contributed by atoms with Gasteiger partial charge in [-0.05, 0) is 24.3 Å². The molecule has 24 heavy (non-hydrogen) atoms. The highest BCUT2D eigenvalue weighted by Crippen LogP contribution is 2.19. The van der Waals surface area contributed by atoms with Crippen LogP contribution in [0, 0.1) is 5.82 Å². The van der Waals surface area contributed by atoms with Crippen molar-refractivity contribution in [2.75, 3.05) is 6.54 Å². The van der Waals surface area contributed by atoms with Crippen molar-refractivity contribution < 1.29 is 27.5 Å². The van der Waals surface area contributed by atoms with E-state index in [1.165, 1.54) is 12.1 Å². The molecule has 0 aliphatic heterocycles. The van der Waals surface area contributed by atoms with Gasteiger partial charge in [-0.25, -0.2) is 4.39 Å². The Morgan fingerprint density at radius 2 is 2.04 bits per heavy atom. The van der Waals surface area contributed by atoms with Crippen LogP contribution in [0.2, 0.25) is 0 Å². The summed E-state index contributed by atoms with van der Waals surface area (Å²) in [7, 11) is 0. The van der Waals surface area contributed by atoms with Crippen molar-refractivity contribution in [3.8, 4) is 5.69 Å². The molecule has 0 saturated carbocycles. The third kappa shape index (κ3) is 3.96. The normalized spacial score (nSPS) is 12.7. The van der Waals surface area contributed by atoms with Crippen LogP contribution in [-0.4, -0.2) is 39.6 Å². The fourth-order valence-corrected chi connectivity index (χ4v) is 1.78. The third-order valence-corrected chi connectivity index (χ3v) is 2.98. The number of nitrogens with one attached hydrogen (secondary N) is 1. The lowest BCUT2D eigenvalue weighted by Crippen LogP contribution is -2.42. The summed E-state index contributed by atoms with van der Waals surface area (Å²) in [6.45, 7) is -1.11. The number of aliphatic hydroxyl groups is 1. The Bertz CT molecular complexity index is 804. The maximum atomic E-state index is 13.2. The van der Waals surface area contributed by atoms with E-state index in [2.05, 4.69) is 5.10 Å². The number of aromatic nitrogens is 2. The molecule has 2 N–H and O–H groups in total. The fraction of sp³-hybridized carbons (Fsp3) is 0.214. The molecule has 2 aromatic rings. The first-order valence-corrected chi connectivity index (χ1v) is 6.57. The number of alkyl halides is 3. The Morgan fingerprint density at radius 3 is 2.67 bits per heavy atom. The molecular weight excluding hydrogens is 334 g/mol. The minimum absolute atomic E-state index is 0.0463. The van der Waals surface area contributed by atoms with Crippen LogP contribution in [0.1, 0.15) is 10.4 Å². The average molecular weight is 345 g/mol. The Labute approximate surface area is 132 Å². The molecule has 0 saturated heterocycles. The topological polar surface area (TPSA) is 84.2 Å². The van der Waals surface area contributed by atoms with Crippen LogP contribution in [0.3, 0.4) is 0 Å². The van der Waals surface area contributed by atoms with Crippen LogP contribution in [0.5, 0.6) is 0 Å². The van der Waals surface area contributed by atoms with Crippen LogP contribution in [0.4, 0.5) is 17.6 Å². The first-order chi connectivity index (χ1) is 11.2. The second kappa shape index (κ2) is 6.79. The molecule has 1 heterocycles. The summed E-state index contributed by atoms with van der Waals surface area (Å²) >= 11 is 0. The minimum atomic E-state index is -4.90.